The standard InChI is InChI=1S/C18H21ClN4O3S/c1-12(8-9-27(3,25)26)22-18(24)16-10-21-17(11-20-16)23-13(2)14-6-4-5-7-15(14)19/h4-13H,1-3H3,(H,21,23)(H,22,24)/b9-8+/t12-,13+/m1/s1. The predicted molar refractivity (Wildman–Crippen MR) is 106 cm³/mol. The number of sulfone groups is 1. The number of anilines is 1. The molecule has 27 heavy (non-hydrogen) atoms. The number of hydrogen-bond acceptors (Lipinski definition) is 6. The summed E-state index contributed by atoms with van der Waals surface area (Å²) in [4.78, 5) is 20.4. The number of nitrogens with one attached hydrogen (secondary N) is 2. The van der Waals surface area contributed by atoms with Crippen molar-refractivity contribution < 1.29 is 13.2 Å². The van der Waals surface area contributed by atoms with E-state index in [0.29, 0.717) is 10.8 Å². The summed E-state index contributed by atoms with van der Waals surface area (Å²) < 4.78 is 22.2. The molecular formula is C18H21ClN4O3S. The fourth-order valence-electron chi connectivity index (χ4n) is 2.24. The maximum Gasteiger partial charge on any atom is 0.271 e. The quantitative estimate of drug-likeness (QED) is 0.730. The minimum absolute atomic E-state index is 0.0890. The molecule has 7 nitrogen and oxygen atoms in total. The second kappa shape index (κ2) is 8.96. The number of rotatable bonds is 7. The summed E-state index contributed by atoms with van der Waals surface area (Å²) in [6, 6.07) is 6.94. The van der Waals surface area contributed by atoms with Crippen molar-refractivity contribution in [1.82, 2.24) is 15.3 Å². The lowest BCUT2D eigenvalue weighted by Crippen LogP contribution is -2.32. The molecule has 0 radical (unpaired) electrons. The predicted octanol–water partition coefficient (Wildman–Crippen LogP) is 2.98. The SMILES string of the molecule is C[C@H](/C=C/S(C)(=O)=O)NC(=O)c1cnc(N[C@@H](C)c2ccccc2Cl)cn1. The van der Waals surface area contributed by atoms with Gasteiger partial charge < -0.3 is 10.6 Å². The number of aromatic nitrogens is 2. The van der Waals surface area contributed by atoms with Crippen LogP contribution in [0.25, 0.3) is 0 Å². The van der Waals surface area contributed by atoms with E-state index in [1.54, 1.807) is 6.92 Å². The lowest BCUT2D eigenvalue weighted by atomic mass is 10.1. The molecule has 0 fully saturated rings. The van der Waals surface area contributed by atoms with Crippen molar-refractivity contribution in [2.75, 3.05) is 11.6 Å². The highest BCUT2D eigenvalue weighted by atomic mass is 35.5. The Hall–Kier alpha value is -2.45. The van der Waals surface area contributed by atoms with E-state index in [9.17, 15) is 13.2 Å². The normalized spacial score (nSPS) is 13.9. The molecule has 0 unspecified atom stereocenters. The smallest absolute Gasteiger partial charge is 0.271 e. The van der Waals surface area contributed by atoms with Gasteiger partial charge >= 0.3 is 0 Å². The van der Waals surface area contributed by atoms with Gasteiger partial charge in [-0.3, -0.25) is 4.79 Å². The van der Waals surface area contributed by atoms with Gasteiger partial charge in [0.05, 0.1) is 18.4 Å². The van der Waals surface area contributed by atoms with E-state index >= 15 is 0 Å². The highest BCUT2D eigenvalue weighted by Crippen LogP contribution is 2.24. The molecule has 1 aromatic heterocycles. The van der Waals surface area contributed by atoms with Crippen LogP contribution in [0.3, 0.4) is 0 Å². The molecule has 2 atom stereocenters. The first-order valence-electron chi connectivity index (χ1n) is 8.18. The maximum atomic E-state index is 12.1. The van der Waals surface area contributed by atoms with Crippen LogP contribution in [0, 0.1) is 0 Å². The lowest BCUT2D eigenvalue weighted by Gasteiger charge is -2.16. The zero-order chi connectivity index (χ0) is 20.0. The number of hydrogen-bond donors (Lipinski definition) is 2. The van der Waals surface area contributed by atoms with Crippen LogP contribution in [0.1, 0.15) is 35.9 Å². The summed E-state index contributed by atoms with van der Waals surface area (Å²) in [5.74, 6) is 0.0582. The van der Waals surface area contributed by atoms with E-state index in [4.69, 9.17) is 11.6 Å². The van der Waals surface area contributed by atoms with E-state index < -0.39 is 21.8 Å². The van der Waals surface area contributed by atoms with E-state index in [0.717, 1.165) is 17.2 Å². The van der Waals surface area contributed by atoms with Gasteiger partial charge in [-0.15, -0.1) is 0 Å². The number of amides is 1. The Balaban J connectivity index is 1.99. The highest BCUT2D eigenvalue weighted by molar-refractivity contribution is 7.93. The van der Waals surface area contributed by atoms with E-state index in [1.807, 2.05) is 31.2 Å². The Labute approximate surface area is 163 Å². The Morgan fingerprint density at radius 2 is 1.89 bits per heavy atom. The number of halogens is 1. The zero-order valence-corrected chi connectivity index (χ0v) is 16.8. The summed E-state index contributed by atoms with van der Waals surface area (Å²) >= 11 is 6.18. The third kappa shape index (κ3) is 6.65. The summed E-state index contributed by atoms with van der Waals surface area (Å²) in [5.41, 5.74) is 1.06. The largest absolute Gasteiger partial charge is 0.362 e. The van der Waals surface area contributed by atoms with Crippen LogP contribution in [-0.4, -0.2) is 36.6 Å². The van der Waals surface area contributed by atoms with Gasteiger partial charge in [-0.05, 0) is 25.5 Å². The first-order valence-corrected chi connectivity index (χ1v) is 10.5. The number of nitrogens with zero attached hydrogens (tertiary/aromatic N) is 2. The first kappa shape index (κ1) is 20.9. The molecule has 0 bridgehead atoms. The molecule has 144 valence electrons. The fraction of sp³-hybridized carbons (Fsp3) is 0.278. The average Bonchev–Trinajstić information content (AvgIpc) is 2.60. The first-order chi connectivity index (χ1) is 12.7. The lowest BCUT2D eigenvalue weighted by molar-refractivity contribution is 0.0941. The van der Waals surface area contributed by atoms with Crippen LogP contribution < -0.4 is 10.6 Å². The molecule has 2 rings (SSSR count). The molecule has 0 aliphatic rings. The molecule has 1 amide bonds. The molecule has 0 aliphatic heterocycles. The molecule has 0 spiro atoms. The number of benzene rings is 1. The zero-order valence-electron chi connectivity index (χ0n) is 15.2. The van der Waals surface area contributed by atoms with Gasteiger partial charge in [0.25, 0.3) is 5.91 Å². The molecule has 2 N–H and O–H groups in total. The molecule has 1 heterocycles. The van der Waals surface area contributed by atoms with Gasteiger partial charge in [-0.1, -0.05) is 35.9 Å². The van der Waals surface area contributed by atoms with Crippen LogP contribution in [0.2, 0.25) is 5.02 Å². The van der Waals surface area contributed by atoms with Crippen molar-refractivity contribution in [2.45, 2.75) is 25.9 Å². The van der Waals surface area contributed by atoms with Crippen LogP contribution in [0.4, 0.5) is 5.82 Å². The van der Waals surface area contributed by atoms with E-state index in [2.05, 4.69) is 20.6 Å². The molecule has 0 saturated heterocycles. The molecule has 0 saturated carbocycles. The minimum Gasteiger partial charge on any atom is -0.362 e. The third-order valence-corrected chi connectivity index (χ3v) is 4.59. The summed E-state index contributed by atoms with van der Waals surface area (Å²) in [5, 5.41) is 7.51. The van der Waals surface area contributed by atoms with Crippen molar-refractivity contribution in [3.8, 4) is 0 Å². The molecule has 9 heteroatoms. The molecule has 0 aliphatic carbocycles. The van der Waals surface area contributed by atoms with Crippen molar-refractivity contribution >= 4 is 33.2 Å². The Morgan fingerprint density at radius 1 is 1.19 bits per heavy atom. The van der Waals surface area contributed by atoms with E-state index in [-0.39, 0.29) is 11.7 Å². The molecule has 2 aromatic rings. The van der Waals surface area contributed by atoms with E-state index in [1.165, 1.54) is 18.5 Å². The number of carbonyl (C=O) groups is 1. The minimum atomic E-state index is -3.24. The summed E-state index contributed by atoms with van der Waals surface area (Å²) in [6.07, 6.45) is 5.28. The highest BCUT2D eigenvalue weighted by Gasteiger charge is 2.13. The Bertz CT molecular complexity index is 930. The van der Waals surface area contributed by atoms with Crippen LogP contribution in [0.5, 0.6) is 0 Å². The van der Waals surface area contributed by atoms with Gasteiger partial charge in [-0.25, -0.2) is 18.4 Å². The third-order valence-electron chi connectivity index (χ3n) is 3.59. The van der Waals surface area contributed by atoms with Gasteiger partial charge in [0.2, 0.25) is 0 Å². The fourth-order valence-corrected chi connectivity index (χ4v) is 3.06. The number of carbonyl (C=O) groups excluding carboxylic acids is 1. The molecule has 1 aromatic carbocycles. The van der Waals surface area contributed by atoms with Gasteiger partial charge in [0.15, 0.2) is 9.84 Å². The van der Waals surface area contributed by atoms with Crippen LogP contribution in [0.15, 0.2) is 48.1 Å². The van der Waals surface area contributed by atoms with Gasteiger partial charge in [0, 0.05) is 22.7 Å². The van der Waals surface area contributed by atoms with Crippen molar-refractivity contribution in [1.29, 1.82) is 0 Å². The second-order valence-electron chi connectivity index (χ2n) is 6.09. The van der Waals surface area contributed by atoms with Crippen LogP contribution >= 0.6 is 11.6 Å². The average molecular weight is 409 g/mol. The van der Waals surface area contributed by atoms with Crippen molar-refractivity contribution in [2.24, 2.45) is 0 Å². The van der Waals surface area contributed by atoms with Crippen molar-refractivity contribution in [3.05, 3.63) is 64.4 Å². The monoisotopic (exact) mass is 408 g/mol. The maximum absolute atomic E-state index is 12.1. The summed E-state index contributed by atoms with van der Waals surface area (Å²) in [7, 11) is -3.24. The van der Waals surface area contributed by atoms with Crippen LogP contribution in [-0.2, 0) is 9.84 Å². The topological polar surface area (TPSA) is 101 Å². The van der Waals surface area contributed by atoms with Gasteiger partial charge in [-0.2, -0.15) is 0 Å². The van der Waals surface area contributed by atoms with Gasteiger partial charge in [0.1, 0.15) is 11.5 Å². The Morgan fingerprint density at radius 3 is 2.48 bits per heavy atom. The van der Waals surface area contributed by atoms with Crippen molar-refractivity contribution in [3.63, 3.8) is 0 Å². The molecular weight excluding hydrogens is 388 g/mol. The second-order valence-corrected chi connectivity index (χ2v) is 8.43. The Kier molecular flexibility index (Phi) is 6.92. The summed E-state index contributed by atoms with van der Waals surface area (Å²) in [6.45, 7) is 3.60.